The average Bonchev–Trinajstić information content (AvgIpc) is 3.04. The lowest BCUT2D eigenvalue weighted by Crippen LogP contribution is -2.23. The van der Waals surface area contributed by atoms with Gasteiger partial charge in [-0.1, -0.05) is 29.8 Å². The lowest BCUT2D eigenvalue weighted by Gasteiger charge is -2.11. The molecule has 1 N–H and O–H groups in total. The van der Waals surface area contributed by atoms with Gasteiger partial charge in [-0.3, -0.25) is 4.79 Å². The van der Waals surface area contributed by atoms with E-state index >= 15 is 0 Å². The number of carbonyl (C=O) groups is 1. The molecule has 3 rings (SSSR count). The standard InChI is InChI=1S/C19H20F3N5O/c1-11-5-4-6-14(9-11)10-23-16(28)8-7-15-12(2)24-18-25-17(19(20,21)22)26-27(18)13(15)3/h4-6,9H,7-8,10H2,1-3H3,(H,23,28). The molecule has 148 valence electrons. The Kier molecular flexibility index (Phi) is 5.35. The molecule has 2 heterocycles. The normalized spacial score (nSPS) is 11.8. The van der Waals surface area contributed by atoms with Crippen LogP contribution in [0.2, 0.25) is 0 Å². The highest BCUT2D eigenvalue weighted by Crippen LogP contribution is 2.27. The molecule has 6 nitrogen and oxygen atoms in total. The highest BCUT2D eigenvalue weighted by Gasteiger charge is 2.36. The Morgan fingerprint density at radius 1 is 1.18 bits per heavy atom. The molecule has 0 aliphatic carbocycles. The number of hydrogen-bond acceptors (Lipinski definition) is 4. The minimum Gasteiger partial charge on any atom is -0.352 e. The van der Waals surface area contributed by atoms with Gasteiger partial charge in [0.2, 0.25) is 5.91 Å². The molecule has 1 aromatic carbocycles. The first kappa shape index (κ1) is 19.8. The maximum Gasteiger partial charge on any atom is 0.453 e. The third-order valence-electron chi connectivity index (χ3n) is 4.48. The second-order valence-corrected chi connectivity index (χ2v) is 6.67. The van der Waals surface area contributed by atoms with Crippen LogP contribution in [0.15, 0.2) is 24.3 Å². The fourth-order valence-electron chi connectivity index (χ4n) is 3.04. The van der Waals surface area contributed by atoms with E-state index in [1.165, 1.54) is 0 Å². The van der Waals surface area contributed by atoms with Crippen LogP contribution >= 0.6 is 0 Å². The van der Waals surface area contributed by atoms with Crippen molar-refractivity contribution >= 4 is 11.7 Å². The maximum absolute atomic E-state index is 12.8. The van der Waals surface area contributed by atoms with E-state index in [0.717, 1.165) is 15.6 Å². The van der Waals surface area contributed by atoms with Crippen molar-refractivity contribution in [3.8, 4) is 0 Å². The SMILES string of the molecule is Cc1cccc(CNC(=O)CCc2c(C)nc3nc(C(F)(F)F)nn3c2C)c1. The Morgan fingerprint density at radius 3 is 2.61 bits per heavy atom. The molecule has 0 aliphatic heterocycles. The van der Waals surface area contributed by atoms with Gasteiger partial charge >= 0.3 is 6.18 Å². The number of halogens is 3. The summed E-state index contributed by atoms with van der Waals surface area (Å²) in [6.45, 7) is 5.74. The van der Waals surface area contributed by atoms with Crippen molar-refractivity contribution in [2.24, 2.45) is 0 Å². The van der Waals surface area contributed by atoms with E-state index in [1.807, 2.05) is 31.2 Å². The Morgan fingerprint density at radius 2 is 1.93 bits per heavy atom. The van der Waals surface area contributed by atoms with Gasteiger partial charge < -0.3 is 5.32 Å². The number of amides is 1. The molecule has 0 saturated heterocycles. The zero-order valence-electron chi connectivity index (χ0n) is 15.8. The van der Waals surface area contributed by atoms with Crippen molar-refractivity contribution in [3.05, 3.63) is 58.2 Å². The molecular formula is C19H20F3N5O. The summed E-state index contributed by atoms with van der Waals surface area (Å²) in [5.74, 6) is -1.47. The Labute approximate surface area is 159 Å². The summed E-state index contributed by atoms with van der Waals surface area (Å²) in [4.78, 5) is 19.7. The van der Waals surface area contributed by atoms with Crippen LogP contribution < -0.4 is 5.32 Å². The fraction of sp³-hybridized carbons (Fsp3) is 0.368. The number of rotatable bonds is 5. The number of aromatic nitrogens is 4. The monoisotopic (exact) mass is 391 g/mol. The van der Waals surface area contributed by atoms with Gasteiger partial charge in [0, 0.05) is 24.4 Å². The summed E-state index contributed by atoms with van der Waals surface area (Å²) >= 11 is 0. The van der Waals surface area contributed by atoms with Gasteiger partial charge in [0.05, 0.1) is 0 Å². The lowest BCUT2D eigenvalue weighted by atomic mass is 10.1. The molecule has 9 heteroatoms. The summed E-state index contributed by atoms with van der Waals surface area (Å²) in [5, 5.41) is 6.37. The maximum atomic E-state index is 12.8. The predicted molar refractivity (Wildman–Crippen MR) is 96.6 cm³/mol. The molecule has 0 bridgehead atoms. The second kappa shape index (κ2) is 7.57. The van der Waals surface area contributed by atoms with Crippen LogP contribution in [0.3, 0.4) is 0 Å². The van der Waals surface area contributed by atoms with E-state index in [9.17, 15) is 18.0 Å². The minimum atomic E-state index is -4.64. The summed E-state index contributed by atoms with van der Waals surface area (Å²) in [6, 6.07) is 7.84. The van der Waals surface area contributed by atoms with Crippen molar-refractivity contribution < 1.29 is 18.0 Å². The van der Waals surface area contributed by atoms with Gasteiger partial charge in [0.15, 0.2) is 0 Å². The first-order valence-corrected chi connectivity index (χ1v) is 8.77. The van der Waals surface area contributed by atoms with Crippen LogP contribution in [0.25, 0.3) is 5.78 Å². The first-order chi connectivity index (χ1) is 13.1. The van der Waals surface area contributed by atoms with Crippen LogP contribution in [0.5, 0.6) is 0 Å². The number of nitrogens with one attached hydrogen (secondary N) is 1. The van der Waals surface area contributed by atoms with E-state index in [-0.39, 0.29) is 18.1 Å². The van der Waals surface area contributed by atoms with E-state index in [2.05, 4.69) is 20.4 Å². The molecule has 0 saturated carbocycles. The largest absolute Gasteiger partial charge is 0.453 e. The van der Waals surface area contributed by atoms with Crippen LogP contribution in [0, 0.1) is 20.8 Å². The van der Waals surface area contributed by atoms with Crippen LogP contribution in [-0.4, -0.2) is 25.5 Å². The van der Waals surface area contributed by atoms with E-state index in [4.69, 9.17) is 0 Å². The van der Waals surface area contributed by atoms with Gasteiger partial charge in [-0.05, 0) is 38.3 Å². The molecule has 0 atom stereocenters. The topological polar surface area (TPSA) is 72.2 Å². The van der Waals surface area contributed by atoms with Gasteiger partial charge in [-0.15, -0.1) is 5.10 Å². The number of alkyl halides is 3. The third kappa shape index (κ3) is 4.29. The molecule has 0 aliphatic rings. The van der Waals surface area contributed by atoms with E-state index < -0.39 is 12.0 Å². The van der Waals surface area contributed by atoms with Crippen molar-refractivity contribution in [2.45, 2.75) is 46.3 Å². The van der Waals surface area contributed by atoms with Crippen molar-refractivity contribution in [1.29, 1.82) is 0 Å². The fourth-order valence-corrected chi connectivity index (χ4v) is 3.04. The molecular weight excluding hydrogens is 371 g/mol. The Hall–Kier alpha value is -2.97. The molecule has 0 radical (unpaired) electrons. The third-order valence-corrected chi connectivity index (χ3v) is 4.48. The zero-order chi connectivity index (χ0) is 20.5. The van der Waals surface area contributed by atoms with Crippen LogP contribution in [0.1, 0.15) is 40.3 Å². The molecule has 28 heavy (non-hydrogen) atoms. The summed E-state index contributed by atoms with van der Waals surface area (Å²) in [5.41, 5.74) is 3.85. The number of hydrogen-bond donors (Lipinski definition) is 1. The first-order valence-electron chi connectivity index (χ1n) is 8.77. The molecule has 0 unspecified atom stereocenters. The Bertz CT molecular complexity index is 1030. The van der Waals surface area contributed by atoms with E-state index in [1.54, 1.807) is 13.8 Å². The van der Waals surface area contributed by atoms with Crippen molar-refractivity contribution in [3.63, 3.8) is 0 Å². The lowest BCUT2D eigenvalue weighted by molar-refractivity contribution is -0.144. The summed E-state index contributed by atoms with van der Waals surface area (Å²) in [6.07, 6.45) is -4.09. The number of benzene rings is 1. The predicted octanol–water partition coefficient (Wildman–Crippen LogP) is 3.32. The van der Waals surface area contributed by atoms with Gasteiger partial charge in [0.1, 0.15) is 0 Å². The number of fused-ring (bicyclic) bond motifs is 1. The summed E-state index contributed by atoms with van der Waals surface area (Å²) in [7, 11) is 0. The smallest absolute Gasteiger partial charge is 0.352 e. The molecule has 0 spiro atoms. The number of aryl methyl sites for hydroxylation is 3. The van der Waals surface area contributed by atoms with E-state index in [0.29, 0.717) is 29.9 Å². The second-order valence-electron chi connectivity index (χ2n) is 6.67. The number of carbonyl (C=O) groups excluding carboxylic acids is 1. The van der Waals surface area contributed by atoms with Crippen molar-refractivity contribution in [1.82, 2.24) is 24.9 Å². The van der Waals surface area contributed by atoms with Crippen molar-refractivity contribution in [2.75, 3.05) is 0 Å². The highest BCUT2D eigenvalue weighted by atomic mass is 19.4. The molecule has 2 aromatic heterocycles. The summed E-state index contributed by atoms with van der Waals surface area (Å²) < 4.78 is 39.6. The van der Waals surface area contributed by atoms with Gasteiger partial charge in [-0.2, -0.15) is 18.2 Å². The minimum absolute atomic E-state index is 0.102. The Balaban J connectivity index is 1.70. The van der Waals surface area contributed by atoms with Crippen LogP contribution in [-0.2, 0) is 23.9 Å². The van der Waals surface area contributed by atoms with Gasteiger partial charge in [0.25, 0.3) is 11.6 Å². The van der Waals surface area contributed by atoms with Gasteiger partial charge in [-0.25, -0.2) is 9.50 Å². The average molecular weight is 391 g/mol. The van der Waals surface area contributed by atoms with Crippen LogP contribution in [0.4, 0.5) is 13.2 Å². The molecule has 3 aromatic rings. The zero-order valence-corrected chi connectivity index (χ0v) is 15.8. The molecule has 0 fully saturated rings. The highest BCUT2D eigenvalue weighted by molar-refractivity contribution is 5.76. The quantitative estimate of drug-likeness (QED) is 0.724. The number of nitrogens with zero attached hydrogens (tertiary/aromatic N) is 4. The molecule has 1 amide bonds.